The lowest BCUT2D eigenvalue weighted by molar-refractivity contribution is 0.277. The minimum Gasteiger partial charge on any atom is -0.662 e. The summed E-state index contributed by atoms with van der Waals surface area (Å²) >= 11 is 7.00. The summed E-state index contributed by atoms with van der Waals surface area (Å²) in [5, 5.41) is 55.3. The standard InChI is InChI=1S/3C5H11N.3C5H10N.3C4H9N.3C4H8N.4C2H7N.4C2H6O.4C2H6S.6CH4/c6*1-2-4-6-5-3-1;6*1-2-4-5-3-1;12*1-3-2;;;;;;/h3*6H,1-5H2;3*1-5H2;3*5H,1-4H2;3*1-4H2;4*3H,1-2H3;8*1-2H3;6*1H4/q;;;3*-1;;;;3*-1;;;;;;;;;;;;;;;;;;. The van der Waals surface area contributed by atoms with Crippen LogP contribution in [0.3, 0.4) is 0 Å². The maximum absolute atomic E-state index is 4.25. The maximum atomic E-state index is 4.25. The van der Waals surface area contributed by atoms with Crippen molar-refractivity contribution in [3.8, 4) is 0 Å². The Hall–Kier alpha value is 0.600. The summed E-state index contributed by atoms with van der Waals surface area (Å²) in [6.07, 6.45) is 57.5. The molecule has 0 bridgehead atoms. The zero-order valence-electron chi connectivity index (χ0n) is 73.1. The highest BCUT2D eigenvalue weighted by Crippen LogP contribution is 2.10. The number of thioether (sulfide) groups is 4. The maximum Gasteiger partial charge on any atom is 0.0351 e. The van der Waals surface area contributed by atoms with E-state index in [1.165, 1.54) is 271 Å². The number of rotatable bonds is 0. The van der Waals surface area contributed by atoms with Crippen molar-refractivity contribution >= 4 is 47.0 Å². The van der Waals surface area contributed by atoms with Crippen molar-refractivity contribution < 1.29 is 18.9 Å². The zero-order chi connectivity index (χ0) is 79.2. The van der Waals surface area contributed by atoms with Gasteiger partial charge in [0.2, 0.25) is 0 Å². The van der Waals surface area contributed by atoms with E-state index in [9.17, 15) is 0 Å². The fraction of sp³-hybridized carbons (Fsp3) is 1.00. The van der Waals surface area contributed by atoms with E-state index in [0.29, 0.717) is 0 Å². The van der Waals surface area contributed by atoms with Gasteiger partial charge in [-0.1, -0.05) is 160 Å². The van der Waals surface area contributed by atoms with Gasteiger partial charge in [0.25, 0.3) is 0 Å². The van der Waals surface area contributed by atoms with Gasteiger partial charge in [0, 0.05) is 56.9 Å². The Morgan fingerprint density at radius 2 is 0.241 bits per heavy atom. The number of methoxy groups -OCH3 is 4. The van der Waals surface area contributed by atoms with Gasteiger partial charge in [-0.15, -0.1) is 78.5 Å². The molecule has 24 heteroatoms. The predicted molar refractivity (Wildman–Crippen MR) is 524 cm³/mol. The Morgan fingerprint density at radius 3 is 0.278 bits per heavy atom. The van der Waals surface area contributed by atoms with Gasteiger partial charge in [0.1, 0.15) is 0 Å². The average Bonchev–Trinajstić information content (AvgIpc) is 4.47. The molecule has 684 valence electrons. The monoisotopic (exact) mass is 1640 g/mol. The van der Waals surface area contributed by atoms with Crippen molar-refractivity contribution in [1.29, 1.82) is 0 Å². The third kappa shape index (κ3) is 268. The van der Waals surface area contributed by atoms with Gasteiger partial charge in [-0.05, 0) is 262 Å². The van der Waals surface area contributed by atoms with E-state index in [4.69, 9.17) is 0 Å². The lowest BCUT2D eigenvalue weighted by atomic mass is 10.2. The molecule has 12 rings (SSSR count). The Labute approximate surface area is 704 Å². The van der Waals surface area contributed by atoms with Gasteiger partial charge in [0.15, 0.2) is 0 Å². The molecule has 0 aromatic heterocycles. The third-order valence-electron chi connectivity index (χ3n) is 12.5. The minimum atomic E-state index is 0. The van der Waals surface area contributed by atoms with Crippen LogP contribution in [-0.4, -0.2) is 320 Å². The van der Waals surface area contributed by atoms with E-state index in [1.807, 2.05) is 106 Å². The zero-order valence-corrected chi connectivity index (χ0v) is 76.4. The Bertz CT molecular complexity index is 717. The molecule has 0 aromatic rings. The molecule has 12 fully saturated rings. The second-order valence-electron chi connectivity index (χ2n) is 24.4. The van der Waals surface area contributed by atoms with Gasteiger partial charge >= 0.3 is 0 Å². The highest BCUT2D eigenvalue weighted by molar-refractivity contribution is 7.98. The van der Waals surface area contributed by atoms with E-state index in [1.54, 1.807) is 104 Å². The summed E-state index contributed by atoms with van der Waals surface area (Å²) in [5.41, 5.74) is 0. The highest BCUT2D eigenvalue weighted by Gasteiger charge is 1.97. The van der Waals surface area contributed by atoms with Crippen LogP contribution in [0.15, 0.2) is 0 Å². The number of piperidine rings is 6. The molecule has 0 aromatic carbocycles. The van der Waals surface area contributed by atoms with Crippen LogP contribution in [0.1, 0.15) is 237 Å². The van der Waals surface area contributed by atoms with Gasteiger partial charge in [0.05, 0.1) is 0 Å². The summed E-state index contributed by atoms with van der Waals surface area (Å²) in [6.45, 7) is 28.5. The summed E-state index contributed by atoms with van der Waals surface area (Å²) in [7, 11) is 28.0. The fourth-order valence-corrected chi connectivity index (χ4v) is 8.16. The van der Waals surface area contributed by atoms with Crippen LogP contribution in [0, 0.1) is 0 Å². The van der Waals surface area contributed by atoms with Crippen LogP contribution in [0.2, 0.25) is 0 Å². The first-order chi connectivity index (χ1) is 50.0. The molecule has 12 heterocycles. The molecular weight excluding hydrogens is 1430 g/mol. The van der Waals surface area contributed by atoms with E-state index in [2.05, 4.69) is 104 Å². The molecule has 12 aliphatic rings. The minimum absolute atomic E-state index is 0. The number of nitrogens with one attached hydrogen (secondary N) is 10. The van der Waals surface area contributed by atoms with Crippen molar-refractivity contribution in [2.75, 3.05) is 320 Å². The van der Waals surface area contributed by atoms with Crippen LogP contribution < -0.4 is 53.2 Å². The van der Waals surface area contributed by atoms with Crippen LogP contribution in [-0.2, 0) is 18.9 Å². The molecular formula is C84H214N16O4S4-6. The number of hydrogen-bond donors (Lipinski definition) is 10. The number of nitrogens with zero attached hydrogens (tertiary/aromatic N) is 6. The van der Waals surface area contributed by atoms with Gasteiger partial charge in [-0.2, -0.15) is 47.0 Å². The van der Waals surface area contributed by atoms with Crippen molar-refractivity contribution in [2.24, 2.45) is 0 Å². The first-order valence-electron chi connectivity index (χ1n) is 39.6. The van der Waals surface area contributed by atoms with Crippen molar-refractivity contribution in [3.05, 3.63) is 31.9 Å². The van der Waals surface area contributed by atoms with E-state index >= 15 is 0 Å². The summed E-state index contributed by atoms with van der Waals surface area (Å²) in [6, 6.07) is 0. The van der Waals surface area contributed by atoms with Crippen LogP contribution in [0.4, 0.5) is 0 Å². The lowest BCUT2D eigenvalue weighted by Crippen LogP contribution is -2.21. The third-order valence-corrected chi connectivity index (χ3v) is 12.5. The van der Waals surface area contributed by atoms with Crippen LogP contribution in [0.25, 0.3) is 31.9 Å². The summed E-state index contributed by atoms with van der Waals surface area (Å²) in [4.78, 5) is 0. The SMILES string of the molecule is C.C.C.C.C.C.C1CCNC1.C1CCNC1.C1CCNC1.C1CCNCC1.C1CCNCC1.C1CCNCC1.C1CC[N-]C1.C1CC[N-]C1.C1CC[N-]C1.C1CC[N-]CC1.C1CC[N-]CC1.C1CC[N-]CC1.CNC.CNC.CNC.CNC.COC.COC.COC.COC.CSC.CSC.CSC.CSC. The Balaban J connectivity index is -0.0000000491. The molecule has 0 aliphatic carbocycles. The second-order valence-corrected chi connectivity index (χ2v) is 27.7. The first-order valence-corrected chi connectivity index (χ1v) is 46.1. The second kappa shape index (κ2) is 198. The predicted octanol–water partition coefficient (Wildman–Crippen LogP) is 19.6. The topological polar surface area (TPSA) is 242 Å². The van der Waals surface area contributed by atoms with E-state index < -0.39 is 0 Å². The molecule has 10 N–H and O–H groups in total. The molecule has 0 atom stereocenters. The van der Waals surface area contributed by atoms with Gasteiger partial charge < -0.3 is 104 Å². The van der Waals surface area contributed by atoms with Crippen molar-refractivity contribution in [3.63, 3.8) is 0 Å². The number of hydrogen-bond acceptors (Lipinski definition) is 18. The molecule has 12 saturated heterocycles. The lowest BCUT2D eigenvalue weighted by Gasteiger charge is -2.23. The smallest absolute Gasteiger partial charge is 0.0351 e. The van der Waals surface area contributed by atoms with Crippen LogP contribution >= 0.6 is 47.0 Å². The molecule has 0 unspecified atom stereocenters. The first kappa shape index (κ1) is 153. The molecule has 108 heavy (non-hydrogen) atoms. The van der Waals surface area contributed by atoms with E-state index in [0.717, 1.165) is 78.5 Å². The summed E-state index contributed by atoms with van der Waals surface area (Å²) < 4.78 is 17.0. The summed E-state index contributed by atoms with van der Waals surface area (Å²) in [5.74, 6) is 0. The normalized spacial score (nSPS) is 16.7. The molecule has 0 spiro atoms. The Kier molecular flexibility index (Phi) is 281. The highest BCUT2D eigenvalue weighted by atomic mass is 32.2. The number of ether oxygens (including phenoxy) is 4. The quantitative estimate of drug-likeness (QED) is 0.108. The van der Waals surface area contributed by atoms with Crippen molar-refractivity contribution in [1.82, 2.24) is 53.2 Å². The van der Waals surface area contributed by atoms with Gasteiger partial charge in [-0.3, -0.25) is 0 Å². The molecule has 0 amide bonds. The Morgan fingerprint density at radius 1 is 0.176 bits per heavy atom. The molecule has 20 nitrogen and oxygen atoms in total. The molecule has 12 aliphatic heterocycles. The van der Waals surface area contributed by atoms with E-state index in [-0.39, 0.29) is 44.6 Å². The van der Waals surface area contributed by atoms with Crippen molar-refractivity contribution in [2.45, 2.75) is 237 Å². The van der Waals surface area contributed by atoms with Crippen LogP contribution in [0.5, 0.6) is 0 Å². The fourth-order valence-electron chi connectivity index (χ4n) is 8.16. The molecule has 0 radical (unpaired) electrons. The van der Waals surface area contributed by atoms with Gasteiger partial charge in [-0.25, -0.2) is 0 Å². The average molecular weight is 1640 g/mol. The molecule has 0 saturated carbocycles. The largest absolute Gasteiger partial charge is 0.662 e.